The summed E-state index contributed by atoms with van der Waals surface area (Å²) in [6.45, 7) is 7.08. The van der Waals surface area contributed by atoms with E-state index in [4.69, 9.17) is 4.74 Å². The second kappa shape index (κ2) is 9.73. The average molecular weight is 387 g/mol. The van der Waals surface area contributed by atoms with Crippen LogP contribution in [0.2, 0.25) is 0 Å². The smallest absolute Gasteiger partial charge is 0.119 e. The van der Waals surface area contributed by atoms with Gasteiger partial charge in [-0.2, -0.15) is 0 Å². The van der Waals surface area contributed by atoms with Crippen LogP contribution in [-0.4, -0.2) is 31.1 Å². The molecule has 0 amide bonds. The van der Waals surface area contributed by atoms with E-state index >= 15 is 0 Å². The van der Waals surface area contributed by atoms with Gasteiger partial charge in [0.25, 0.3) is 0 Å². The first-order chi connectivity index (χ1) is 14.3. The normalized spacial score (nSPS) is 16.2. The topological polar surface area (TPSA) is 24.5 Å². The Kier molecular flexibility index (Phi) is 6.60. The van der Waals surface area contributed by atoms with Crippen molar-refractivity contribution in [2.75, 3.05) is 26.2 Å². The van der Waals surface area contributed by atoms with E-state index < -0.39 is 0 Å². The molecule has 1 N–H and O–H groups in total. The van der Waals surface area contributed by atoms with Crippen LogP contribution in [0.15, 0.2) is 78.9 Å². The zero-order valence-corrected chi connectivity index (χ0v) is 17.2. The molecule has 3 aromatic carbocycles. The molecular formula is C26H30N2O. The van der Waals surface area contributed by atoms with E-state index in [1.807, 2.05) is 18.2 Å². The van der Waals surface area contributed by atoms with Crippen LogP contribution in [0.3, 0.4) is 0 Å². The molecule has 1 aliphatic rings. The highest BCUT2D eigenvalue weighted by atomic mass is 16.5. The average Bonchev–Trinajstić information content (AvgIpc) is 3.04. The zero-order valence-electron chi connectivity index (χ0n) is 17.2. The summed E-state index contributed by atoms with van der Waals surface area (Å²) >= 11 is 0. The summed E-state index contributed by atoms with van der Waals surface area (Å²) in [6, 6.07) is 28.2. The van der Waals surface area contributed by atoms with Gasteiger partial charge in [-0.25, -0.2) is 0 Å². The molecule has 0 saturated carbocycles. The second-order valence-electron chi connectivity index (χ2n) is 7.80. The van der Waals surface area contributed by atoms with Gasteiger partial charge in [-0.05, 0) is 48.7 Å². The molecule has 3 nitrogen and oxygen atoms in total. The summed E-state index contributed by atoms with van der Waals surface area (Å²) < 4.78 is 5.99. The standard InChI is InChI=1S/C26H30N2O/c1-21-7-5-10-24(19-21)26(28-17-6-15-27-16-18-28)23-11-13-25(14-12-23)29-20-22-8-3-2-4-9-22/h2-5,7-14,19,26-27H,6,15-18,20H2,1H3. The van der Waals surface area contributed by atoms with Gasteiger partial charge in [-0.15, -0.1) is 0 Å². The lowest BCUT2D eigenvalue weighted by Gasteiger charge is -2.31. The number of nitrogens with one attached hydrogen (secondary N) is 1. The molecule has 3 heteroatoms. The SMILES string of the molecule is Cc1cccc(C(c2ccc(OCc3ccccc3)cc2)N2CCCNCC2)c1. The van der Waals surface area contributed by atoms with Gasteiger partial charge in [0.15, 0.2) is 0 Å². The maximum Gasteiger partial charge on any atom is 0.119 e. The van der Waals surface area contributed by atoms with E-state index in [-0.39, 0.29) is 6.04 Å². The second-order valence-corrected chi connectivity index (χ2v) is 7.80. The molecule has 1 atom stereocenters. The van der Waals surface area contributed by atoms with E-state index in [9.17, 15) is 0 Å². The summed E-state index contributed by atoms with van der Waals surface area (Å²) in [7, 11) is 0. The predicted molar refractivity (Wildman–Crippen MR) is 119 cm³/mol. The Morgan fingerprint density at radius 2 is 1.69 bits per heavy atom. The zero-order chi connectivity index (χ0) is 19.9. The van der Waals surface area contributed by atoms with E-state index in [0.29, 0.717) is 6.61 Å². The van der Waals surface area contributed by atoms with Crippen LogP contribution in [0.5, 0.6) is 5.75 Å². The van der Waals surface area contributed by atoms with Gasteiger partial charge in [-0.3, -0.25) is 4.90 Å². The summed E-state index contributed by atoms with van der Waals surface area (Å²) in [6.07, 6.45) is 1.18. The van der Waals surface area contributed by atoms with Gasteiger partial charge in [0.1, 0.15) is 12.4 Å². The summed E-state index contributed by atoms with van der Waals surface area (Å²) in [5.74, 6) is 0.915. The molecule has 0 spiro atoms. The molecule has 1 unspecified atom stereocenters. The Morgan fingerprint density at radius 3 is 2.48 bits per heavy atom. The van der Waals surface area contributed by atoms with Gasteiger partial charge >= 0.3 is 0 Å². The van der Waals surface area contributed by atoms with Gasteiger partial charge in [0.2, 0.25) is 0 Å². The Morgan fingerprint density at radius 1 is 0.862 bits per heavy atom. The summed E-state index contributed by atoms with van der Waals surface area (Å²) in [4.78, 5) is 2.61. The Hall–Kier alpha value is -2.62. The largest absolute Gasteiger partial charge is 0.489 e. The van der Waals surface area contributed by atoms with Gasteiger partial charge in [0, 0.05) is 19.6 Å². The van der Waals surface area contributed by atoms with Crippen molar-refractivity contribution in [3.63, 3.8) is 0 Å². The molecular weight excluding hydrogens is 356 g/mol. The molecule has 1 fully saturated rings. The highest BCUT2D eigenvalue weighted by molar-refractivity contribution is 5.37. The number of rotatable bonds is 6. The monoisotopic (exact) mass is 386 g/mol. The number of hydrogen-bond donors (Lipinski definition) is 1. The first-order valence-electron chi connectivity index (χ1n) is 10.6. The van der Waals surface area contributed by atoms with Crippen molar-refractivity contribution in [1.29, 1.82) is 0 Å². The highest BCUT2D eigenvalue weighted by Gasteiger charge is 2.23. The number of hydrogen-bond acceptors (Lipinski definition) is 3. The third-order valence-electron chi connectivity index (χ3n) is 5.54. The fourth-order valence-corrected chi connectivity index (χ4v) is 4.07. The van der Waals surface area contributed by atoms with Gasteiger partial charge in [0.05, 0.1) is 6.04 Å². The molecule has 3 aromatic rings. The molecule has 29 heavy (non-hydrogen) atoms. The fraction of sp³-hybridized carbons (Fsp3) is 0.308. The Bertz CT molecular complexity index is 884. The lowest BCUT2D eigenvalue weighted by molar-refractivity contribution is 0.240. The van der Waals surface area contributed by atoms with Gasteiger partial charge in [-0.1, -0.05) is 72.3 Å². The molecule has 0 radical (unpaired) electrons. The molecule has 0 bridgehead atoms. The maximum atomic E-state index is 5.99. The maximum absolute atomic E-state index is 5.99. The summed E-state index contributed by atoms with van der Waals surface area (Å²) in [5.41, 5.74) is 5.18. The molecule has 150 valence electrons. The van der Waals surface area contributed by atoms with Crippen LogP contribution in [0.25, 0.3) is 0 Å². The van der Waals surface area contributed by atoms with Crippen molar-refractivity contribution >= 4 is 0 Å². The first-order valence-corrected chi connectivity index (χ1v) is 10.6. The van der Waals surface area contributed by atoms with Crippen molar-refractivity contribution in [3.05, 3.63) is 101 Å². The third kappa shape index (κ3) is 5.26. The van der Waals surface area contributed by atoms with E-state index in [2.05, 4.69) is 77.8 Å². The lowest BCUT2D eigenvalue weighted by atomic mass is 9.95. The fourth-order valence-electron chi connectivity index (χ4n) is 4.07. The quantitative estimate of drug-likeness (QED) is 0.648. The molecule has 1 saturated heterocycles. The van der Waals surface area contributed by atoms with E-state index in [1.54, 1.807) is 0 Å². The number of benzene rings is 3. The minimum absolute atomic E-state index is 0.276. The van der Waals surface area contributed by atoms with Crippen LogP contribution in [0, 0.1) is 6.92 Å². The Balaban J connectivity index is 1.55. The van der Waals surface area contributed by atoms with Crippen LogP contribution < -0.4 is 10.1 Å². The molecule has 4 rings (SSSR count). The molecule has 1 aliphatic heterocycles. The third-order valence-corrected chi connectivity index (χ3v) is 5.54. The predicted octanol–water partition coefficient (Wildman–Crippen LogP) is 4.96. The Labute approximate surface area is 174 Å². The molecule has 0 aliphatic carbocycles. The number of ether oxygens (including phenoxy) is 1. The van der Waals surface area contributed by atoms with Crippen LogP contribution in [0.4, 0.5) is 0 Å². The first kappa shape index (κ1) is 19.7. The van der Waals surface area contributed by atoms with Crippen molar-refractivity contribution in [1.82, 2.24) is 10.2 Å². The lowest BCUT2D eigenvalue weighted by Crippen LogP contribution is -2.33. The van der Waals surface area contributed by atoms with E-state index in [1.165, 1.54) is 28.7 Å². The highest BCUT2D eigenvalue weighted by Crippen LogP contribution is 2.31. The van der Waals surface area contributed by atoms with Gasteiger partial charge < -0.3 is 10.1 Å². The van der Waals surface area contributed by atoms with Crippen molar-refractivity contribution in [2.45, 2.75) is 26.0 Å². The minimum atomic E-state index is 0.276. The van der Waals surface area contributed by atoms with Crippen LogP contribution in [0.1, 0.15) is 34.7 Å². The van der Waals surface area contributed by atoms with Crippen molar-refractivity contribution in [2.24, 2.45) is 0 Å². The van der Waals surface area contributed by atoms with Crippen LogP contribution >= 0.6 is 0 Å². The summed E-state index contributed by atoms with van der Waals surface area (Å²) in [5, 5.41) is 3.53. The van der Waals surface area contributed by atoms with Crippen molar-refractivity contribution < 1.29 is 4.74 Å². The van der Waals surface area contributed by atoms with E-state index in [0.717, 1.165) is 31.9 Å². The van der Waals surface area contributed by atoms with Crippen molar-refractivity contribution in [3.8, 4) is 5.75 Å². The van der Waals surface area contributed by atoms with Crippen LogP contribution in [-0.2, 0) is 6.61 Å². The number of aryl methyl sites for hydroxylation is 1. The minimum Gasteiger partial charge on any atom is -0.489 e. The molecule has 0 aromatic heterocycles. The molecule has 1 heterocycles. The number of nitrogens with zero attached hydrogens (tertiary/aromatic N) is 1.